The lowest BCUT2D eigenvalue weighted by molar-refractivity contribution is -0.384. The van der Waals surface area contributed by atoms with Gasteiger partial charge in [-0.25, -0.2) is 9.37 Å². The van der Waals surface area contributed by atoms with E-state index in [1.165, 1.54) is 24.3 Å². The van der Waals surface area contributed by atoms with Crippen LogP contribution in [-0.2, 0) is 0 Å². The summed E-state index contributed by atoms with van der Waals surface area (Å²) in [7, 11) is 0. The van der Waals surface area contributed by atoms with Crippen LogP contribution in [0.4, 0.5) is 10.1 Å². The summed E-state index contributed by atoms with van der Waals surface area (Å²) < 4.78 is 13.6. The second kappa shape index (κ2) is 6.84. The number of rotatable bonds is 4. The number of halogens is 1. The van der Waals surface area contributed by atoms with Gasteiger partial charge in [-0.2, -0.15) is 0 Å². The molecule has 5 nitrogen and oxygen atoms in total. The maximum atomic E-state index is 13.6. The number of benzene rings is 3. The van der Waals surface area contributed by atoms with Gasteiger partial charge in [0.1, 0.15) is 11.6 Å². The molecule has 1 N–H and O–H groups in total. The van der Waals surface area contributed by atoms with Crippen LogP contribution in [0.25, 0.3) is 33.9 Å². The van der Waals surface area contributed by atoms with E-state index in [-0.39, 0.29) is 11.5 Å². The van der Waals surface area contributed by atoms with E-state index in [2.05, 4.69) is 9.97 Å². The van der Waals surface area contributed by atoms with Crippen molar-refractivity contribution in [3.8, 4) is 33.9 Å². The molecule has 6 heteroatoms. The number of aromatic nitrogens is 2. The molecule has 0 saturated carbocycles. The average Bonchev–Trinajstić information content (AvgIpc) is 3.14. The summed E-state index contributed by atoms with van der Waals surface area (Å²) in [6, 6.07) is 22.0. The highest BCUT2D eigenvalue weighted by Crippen LogP contribution is 2.33. The molecule has 0 amide bonds. The molecule has 3 aromatic carbocycles. The first kappa shape index (κ1) is 16.7. The molecular weight excluding hydrogens is 345 g/mol. The second-order valence-corrected chi connectivity index (χ2v) is 5.99. The summed E-state index contributed by atoms with van der Waals surface area (Å²) in [5.41, 5.74) is 3.71. The van der Waals surface area contributed by atoms with Crippen molar-refractivity contribution in [2.24, 2.45) is 0 Å². The zero-order chi connectivity index (χ0) is 18.8. The Labute approximate surface area is 154 Å². The third kappa shape index (κ3) is 3.32. The summed E-state index contributed by atoms with van der Waals surface area (Å²) in [6.07, 6.45) is 0. The molecule has 0 saturated heterocycles. The smallest absolute Gasteiger partial charge is 0.269 e. The van der Waals surface area contributed by atoms with Crippen LogP contribution in [0.5, 0.6) is 0 Å². The lowest BCUT2D eigenvalue weighted by Gasteiger charge is -2.03. The Kier molecular flexibility index (Phi) is 4.22. The molecule has 0 unspecified atom stereocenters. The summed E-state index contributed by atoms with van der Waals surface area (Å²) in [5.74, 6) is 0.184. The van der Waals surface area contributed by atoms with Gasteiger partial charge in [-0.05, 0) is 24.3 Å². The summed E-state index contributed by atoms with van der Waals surface area (Å²) in [4.78, 5) is 18.4. The van der Waals surface area contributed by atoms with Gasteiger partial charge >= 0.3 is 0 Å². The van der Waals surface area contributed by atoms with Gasteiger partial charge in [0, 0.05) is 28.8 Å². The number of nitrogens with zero attached hydrogens (tertiary/aromatic N) is 2. The standard InChI is InChI=1S/C21H14FN3O2/c22-17-8-4-7-16(13-17)21-23-19(14-5-2-1-3-6-14)20(24-21)15-9-11-18(12-10-15)25(26)27/h1-13H,(H,23,24). The van der Waals surface area contributed by atoms with Crippen LogP contribution in [0, 0.1) is 15.9 Å². The molecule has 4 rings (SSSR count). The first-order valence-corrected chi connectivity index (χ1v) is 8.28. The van der Waals surface area contributed by atoms with Crippen molar-refractivity contribution < 1.29 is 9.31 Å². The van der Waals surface area contributed by atoms with E-state index in [1.807, 2.05) is 30.3 Å². The molecule has 0 aliphatic rings. The van der Waals surface area contributed by atoms with Gasteiger partial charge in [-0.1, -0.05) is 42.5 Å². The van der Waals surface area contributed by atoms with Crippen LogP contribution in [0.3, 0.4) is 0 Å². The first-order chi connectivity index (χ1) is 13.1. The molecule has 0 fully saturated rings. The Morgan fingerprint density at radius 2 is 1.56 bits per heavy atom. The second-order valence-electron chi connectivity index (χ2n) is 5.99. The molecule has 0 aliphatic heterocycles. The van der Waals surface area contributed by atoms with E-state index < -0.39 is 4.92 Å². The molecule has 27 heavy (non-hydrogen) atoms. The topological polar surface area (TPSA) is 71.8 Å². The molecule has 1 aromatic heterocycles. The summed E-state index contributed by atoms with van der Waals surface area (Å²) >= 11 is 0. The number of non-ortho nitro benzene ring substituents is 1. The van der Waals surface area contributed by atoms with E-state index in [0.717, 1.165) is 16.8 Å². The fourth-order valence-electron chi connectivity index (χ4n) is 2.91. The van der Waals surface area contributed by atoms with Crippen molar-refractivity contribution in [3.63, 3.8) is 0 Å². The molecular formula is C21H14FN3O2. The Hall–Kier alpha value is -3.80. The fraction of sp³-hybridized carbons (Fsp3) is 0. The van der Waals surface area contributed by atoms with Crippen LogP contribution in [-0.4, -0.2) is 14.9 Å². The van der Waals surface area contributed by atoms with Crippen molar-refractivity contribution in [1.82, 2.24) is 9.97 Å². The Bertz CT molecular complexity index is 1110. The molecule has 4 aromatic rings. The maximum Gasteiger partial charge on any atom is 0.269 e. The van der Waals surface area contributed by atoms with Gasteiger partial charge in [-0.3, -0.25) is 10.1 Å². The predicted octanol–water partition coefficient (Wildman–Crippen LogP) is 5.46. The van der Waals surface area contributed by atoms with Crippen LogP contribution in [0.2, 0.25) is 0 Å². The quantitative estimate of drug-likeness (QED) is 0.388. The lowest BCUT2D eigenvalue weighted by atomic mass is 10.0. The fourth-order valence-corrected chi connectivity index (χ4v) is 2.91. The number of nitro groups is 1. The van der Waals surface area contributed by atoms with Crippen LogP contribution < -0.4 is 0 Å². The lowest BCUT2D eigenvalue weighted by Crippen LogP contribution is -1.88. The van der Waals surface area contributed by atoms with Gasteiger partial charge in [0.2, 0.25) is 0 Å². The number of aromatic amines is 1. The molecule has 0 aliphatic carbocycles. The third-order valence-corrected chi connectivity index (χ3v) is 4.22. The SMILES string of the molecule is O=[N+]([O-])c1ccc(-c2[nH]c(-c3cccc(F)c3)nc2-c2ccccc2)cc1. The maximum absolute atomic E-state index is 13.6. The molecule has 0 bridgehead atoms. The van der Waals surface area contributed by atoms with Gasteiger partial charge in [0.25, 0.3) is 5.69 Å². The van der Waals surface area contributed by atoms with Crippen molar-refractivity contribution in [1.29, 1.82) is 0 Å². The number of nitro benzene ring substituents is 1. The number of nitrogens with one attached hydrogen (secondary N) is 1. The van der Waals surface area contributed by atoms with E-state index in [9.17, 15) is 14.5 Å². The number of hydrogen-bond donors (Lipinski definition) is 1. The van der Waals surface area contributed by atoms with Crippen LogP contribution >= 0.6 is 0 Å². The van der Waals surface area contributed by atoms with Gasteiger partial charge < -0.3 is 4.98 Å². The largest absolute Gasteiger partial charge is 0.337 e. The minimum absolute atomic E-state index is 0.0184. The number of hydrogen-bond acceptors (Lipinski definition) is 3. The van der Waals surface area contributed by atoms with Gasteiger partial charge in [-0.15, -0.1) is 0 Å². The van der Waals surface area contributed by atoms with Gasteiger partial charge in [0.15, 0.2) is 0 Å². The van der Waals surface area contributed by atoms with Crippen LogP contribution in [0.15, 0.2) is 78.9 Å². The highest BCUT2D eigenvalue weighted by Gasteiger charge is 2.16. The van der Waals surface area contributed by atoms with E-state index in [4.69, 9.17) is 0 Å². The number of H-pyrrole nitrogens is 1. The Morgan fingerprint density at radius 3 is 2.22 bits per heavy atom. The van der Waals surface area contributed by atoms with Crippen molar-refractivity contribution in [3.05, 3.63) is 94.8 Å². The molecule has 0 radical (unpaired) electrons. The molecule has 132 valence electrons. The Balaban J connectivity index is 1.87. The monoisotopic (exact) mass is 359 g/mol. The normalized spacial score (nSPS) is 10.7. The highest BCUT2D eigenvalue weighted by molar-refractivity contribution is 5.81. The van der Waals surface area contributed by atoms with E-state index >= 15 is 0 Å². The third-order valence-electron chi connectivity index (χ3n) is 4.22. The minimum atomic E-state index is -0.437. The zero-order valence-corrected chi connectivity index (χ0v) is 14.1. The summed E-state index contributed by atoms with van der Waals surface area (Å²) in [5, 5.41) is 10.9. The van der Waals surface area contributed by atoms with Crippen molar-refractivity contribution >= 4 is 5.69 Å². The van der Waals surface area contributed by atoms with E-state index in [0.29, 0.717) is 17.1 Å². The molecule has 0 atom stereocenters. The minimum Gasteiger partial charge on any atom is -0.337 e. The van der Waals surface area contributed by atoms with Crippen LogP contribution in [0.1, 0.15) is 0 Å². The molecule has 1 heterocycles. The van der Waals surface area contributed by atoms with E-state index in [1.54, 1.807) is 24.3 Å². The average molecular weight is 359 g/mol. The predicted molar refractivity (Wildman–Crippen MR) is 102 cm³/mol. The Morgan fingerprint density at radius 1 is 0.852 bits per heavy atom. The van der Waals surface area contributed by atoms with Gasteiger partial charge in [0.05, 0.1) is 16.3 Å². The summed E-state index contributed by atoms with van der Waals surface area (Å²) in [6.45, 7) is 0. The highest BCUT2D eigenvalue weighted by atomic mass is 19.1. The molecule has 0 spiro atoms. The van der Waals surface area contributed by atoms with Crippen molar-refractivity contribution in [2.45, 2.75) is 0 Å². The number of imidazole rings is 1. The first-order valence-electron chi connectivity index (χ1n) is 8.28. The zero-order valence-electron chi connectivity index (χ0n) is 14.1. The van der Waals surface area contributed by atoms with Crippen molar-refractivity contribution in [2.75, 3.05) is 0 Å².